The van der Waals surface area contributed by atoms with E-state index in [4.69, 9.17) is 4.74 Å². The van der Waals surface area contributed by atoms with Crippen molar-refractivity contribution in [1.29, 1.82) is 0 Å². The molecule has 1 aliphatic carbocycles. The second kappa shape index (κ2) is 12.5. The number of hydrogen-bond acceptors (Lipinski definition) is 2. The van der Waals surface area contributed by atoms with Crippen LogP contribution in [0.1, 0.15) is 91.3 Å². The zero-order valence-corrected chi connectivity index (χ0v) is 21.2. The van der Waals surface area contributed by atoms with Gasteiger partial charge in [0.1, 0.15) is 5.75 Å². The smallest absolute Gasteiger partial charge is 0.343 e. The molecule has 3 aromatic carbocycles. The van der Waals surface area contributed by atoms with Gasteiger partial charge < -0.3 is 4.74 Å². The summed E-state index contributed by atoms with van der Waals surface area (Å²) < 4.78 is 5.60. The van der Waals surface area contributed by atoms with E-state index >= 15 is 0 Å². The van der Waals surface area contributed by atoms with E-state index in [2.05, 4.69) is 61.5 Å². The summed E-state index contributed by atoms with van der Waals surface area (Å²) in [5.74, 6) is 2.33. The Morgan fingerprint density at radius 1 is 0.914 bits per heavy atom. The number of carbonyl (C=O) groups is 1. The van der Waals surface area contributed by atoms with Crippen molar-refractivity contribution in [3.63, 3.8) is 0 Å². The fourth-order valence-corrected chi connectivity index (χ4v) is 5.35. The van der Waals surface area contributed by atoms with Gasteiger partial charge in [-0.25, -0.2) is 4.79 Å². The molecule has 0 unspecified atom stereocenters. The number of rotatable bonds is 9. The number of ether oxygens (including phenoxy) is 1. The molecule has 1 aliphatic rings. The van der Waals surface area contributed by atoms with Crippen LogP contribution >= 0.6 is 0 Å². The summed E-state index contributed by atoms with van der Waals surface area (Å²) in [6, 6.07) is 26.8. The fourth-order valence-electron chi connectivity index (χ4n) is 5.35. The molecule has 3 aromatic rings. The first kappa shape index (κ1) is 25.0. The van der Waals surface area contributed by atoms with Crippen LogP contribution in [0.3, 0.4) is 0 Å². The van der Waals surface area contributed by atoms with Crippen molar-refractivity contribution in [1.82, 2.24) is 0 Å². The van der Waals surface area contributed by atoms with Crippen molar-refractivity contribution in [2.75, 3.05) is 0 Å². The maximum atomic E-state index is 12.6. The van der Waals surface area contributed by atoms with Crippen molar-refractivity contribution >= 4 is 5.97 Å². The van der Waals surface area contributed by atoms with Gasteiger partial charge in [-0.2, -0.15) is 0 Å². The van der Waals surface area contributed by atoms with Gasteiger partial charge in [-0.15, -0.1) is 0 Å². The highest BCUT2D eigenvalue weighted by atomic mass is 16.5. The zero-order chi connectivity index (χ0) is 24.5. The summed E-state index contributed by atoms with van der Waals surface area (Å²) >= 11 is 0. The molecule has 35 heavy (non-hydrogen) atoms. The molecule has 1 saturated carbocycles. The minimum atomic E-state index is -0.295. The largest absolute Gasteiger partial charge is 0.423 e. The Kier molecular flexibility index (Phi) is 8.95. The number of hydrogen-bond donors (Lipinski definition) is 0. The maximum absolute atomic E-state index is 12.6. The van der Waals surface area contributed by atoms with Gasteiger partial charge in [0.15, 0.2) is 0 Å². The van der Waals surface area contributed by atoms with Crippen molar-refractivity contribution < 1.29 is 9.53 Å². The van der Waals surface area contributed by atoms with Gasteiger partial charge in [-0.1, -0.05) is 73.7 Å². The van der Waals surface area contributed by atoms with Crippen LogP contribution in [-0.2, 0) is 6.42 Å². The first-order valence-electron chi connectivity index (χ1n) is 13.2. The number of benzene rings is 3. The van der Waals surface area contributed by atoms with Crippen LogP contribution in [0.25, 0.3) is 0 Å². The van der Waals surface area contributed by atoms with Crippen molar-refractivity contribution in [3.05, 3.63) is 113 Å². The van der Waals surface area contributed by atoms with E-state index in [1.165, 1.54) is 48.8 Å². The molecule has 0 spiro atoms. The summed E-state index contributed by atoms with van der Waals surface area (Å²) in [6.07, 6.45) is 12.6. The number of allylic oxidation sites excluding steroid dienone is 2. The van der Waals surface area contributed by atoms with Crippen LogP contribution in [0.15, 0.2) is 91.0 Å². The van der Waals surface area contributed by atoms with E-state index in [1.807, 2.05) is 43.3 Å². The van der Waals surface area contributed by atoms with Gasteiger partial charge >= 0.3 is 5.97 Å². The predicted octanol–water partition coefficient (Wildman–Crippen LogP) is 8.88. The Morgan fingerprint density at radius 3 is 2.26 bits per heavy atom. The fraction of sp³-hybridized carbons (Fsp3) is 0.364. The summed E-state index contributed by atoms with van der Waals surface area (Å²) in [5, 5.41) is 0. The van der Waals surface area contributed by atoms with Gasteiger partial charge in [0.2, 0.25) is 0 Å². The maximum Gasteiger partial charge on any atom is 0.343 e. The SMILES string of the molecule is CC=CCCc1ccc(OC(=O)c2ccc(C3CCC(C[C@H](C)c4ccccc4)CC3)cc2)cc1. The van der Waals surface area contributed by atoms with Crippen molar-refractivity contribution in [2.45, 2.75) is 70.6 Å². The summed E-state index contributed by atoms with van der Waals surface area (Å²) in [7, 11) is 0. The molecule has 0 radical (unpaired) electrons. The van der Waals surface area contributed by atoms with Crippen molar-refractivity contribution in [2.24, 2.45) is 5.92 Å². The van der Waals surface area contributed by atoms with Crippen LogP contribution < -0.4 is 4.74 Å². The lowest BCUT2D eigenvalue weighted by Crippen LogP contribution is -2.15. The van der Waals surface area contributed by atoms with Crippen LogP contribution in [0.4, 0.5) is 0 Å². The second-order valence-electron chi connectivity index (χ2n) is 10.0. The second-order valence-corrected chi connectivity index (χ2v) is 10.0. The van der Waals surface area contributed by atoms with Gasteiger partial charge in [0, 0.05) is 0 Å². The molecule has 2 heteroatoms. The first-order chi connectivity index (χ1) is 17.1. The number of carbonyl (C=O) groups excluding carboxylic acids is 1. The van der Waals surface area contributed by atoms with E-state index in [0.717, 1.165) is 18.8 Å². The Hall–Kier alpha value is -3.13. The molecule has 1 atom stereocenters. The highest BCUT2D eigenvalue weighted by Crippen LogP contribution is 2.39. The average Bonchev–Trinajstić information content (AvgIpc) is 2.91. The van der Waals surface area contributed by atoms with Crippen LogP contribution in [0, 0.1) is 5.92 Å². The highest BCUT2D eigenvalue weighted by Gasteiger charge is 2.24. The van der Waals surface area contributed by atoms with Gasteiger partial charge in [-0.3, -0.25) is 0 Å². The third-order valence-electron chi connectivity index (χ3n) is 7.49. The summed E-state index contributed by atoms with van der Waals surface area (Å²) in [4.78, 5) is 12.6. The molecular weight excluding hydrogens is 428 g/mol. The molecule has 2 nitrogen and oxygen atoms in total. The molecule has 1 fully saturated rings. The lowest BCUT2D eigenvalue weighted by Gasteiger charge is -2.30. The lowest BCUT2D eigenvalue weighted by atomic mass is 9.75. The minimum Gasteiger partial charge on any atom is -0.423 e. The standard InChI is InChI=1S/C33H38O2/c1-3-4-6-9-26-14-22-32(23-15-26)35-33(34)31-20-18-30(19-21-31)29-16-12-27(13-17-29)24-25(2)28-10-7-5-8-11-28/h3-5,7-8,10-11,14-15,18-23,25,27,29H,6,9,12-13,16-17,24H2,1-2H3/t25-,27?,29?/m0/s1. The third-order valence-corrected chi connectivity index (χ3v) is 7.49. The zero-order valence-electron chi connectivity index (χ0n) is 21.2. The van der Waals surface area contributed by atoms with E-state index in [1.54, 1.807) is 0 Å². The Labute approximate surface area is 211 Å². The van der Waals surface area contributed by atoms with Crippen LogP contribution in [-0.4, -0.2) is 5.97 Å². The Morgan fingerprint density at radius 2 is 1.60 bits per heavy atom. The lowest BCUT2D eigenvalue weighted by molar-refractivity contribution is 0.0734. The predicted molar refractivity (Wildman–Crippen MR) is 145 cm³/mol. The van der Waals surface area contributed by atoms with Crippen molar-refractivity contribution in [3.8, 4) is 5.75 Å². The third kappa shape index (κ3) is 7.18. The summed E-state index contributed by atoms with van der Waals surface area (Å²) in [5.41, 5.74) is 4.66. The van der Waals surface area contributed by atoms with Gasteiger partial charge in [0.05, 0.1) is 5.56 Å². The molecular formula is C33H38O2. The molecule has 0 aromatic heterocycles. The summed E-state index contributed by atoms with van der Waals surface area (Å²) in [6.45, 7) is 4.40. The highest BCUT2D eigenvalue weighted by molar-refractivity contribution is 5.91. The molecule has 0 heterocycles. The molecule has 0 saturated heterocycles. The quantitative estimate of drug-likeness (QED) is 0.179. The minimum absolute atomic E-state index is 0.295. The van der Waals surface area contributed by atoms with E-state index in [0.29, 0.717) is 23.1 Å². The topological polar surface area (TPSA) is 26.3 Å². The Bertz CT molecular complexity index is 1070. The molecule has 0 amide bonds. The average molecular weight is 467 g/mol. The molecule has 0 N–H and O–H groups in total. The van der Waals surface area contributed by atoms with Crippen LogP contribution in [0.2, 0.25) is 0 Å². The molecule has 0 aliphatic heterocycles. The number of aryl methyl sites for hydroxylation is 1. The van der Waals surface area contributed by atoms with Gasteiger partial charge in [0.25, 0.3) is 0 Å². The van der Waals surface area contributed by atoms with E-state index < -0.39 is 0 Å². The van der Waals surface area contributed by atoms with Gasteiger partial charge in [-0.05, 0) is 111 Å². The normalized spacial score (nSPS) is 18.9. The van der Waals surface area contributed by atoms with E-state index in [-0.39, 0.29) is 5.97 Å². The number of esters is 1. The van der Waals surface area contributed by atoms with Crippen LogP contribution in [0.5, 0.6) is 5.75 Å². The first-order valence-corrected chi connectivity index (χ1v) is 13.2. The Balaban J connectivity index is 1.25. The molecule has 4 rings (SSSR count). The molecule has 0 bridgehead atoms. The molecule has 182 valence electrons. The van der Waals surface area contributed by atoms with E-state index in [9.17, 15) is 4.79 Å². The monoisotopic (exact) mass is 466 g/mol.